The molecule has 1 N–H and O–H groups in total. The van der Waals surface area contributed by atoms with Crippen LogP contribution in [0.4, 0.5) is 5.95 Å². The van der Waals surface area contributed by atoms with Crippen molar-refractivity contribution < 1.29 is 4.79 Å². The molecule has 0 bridgehead atoms. The molecule has 24 heavy (non-hydrogen) atoms. The van der Waals surface area contributed by atoms with Crippen molar-refractivity contribution in [3.63, 3.8) is 0 Å². The highest BCUT2D eigenvalue weighted by Gasteiger charge is 2.18. The zero-order valence-electron chi connectivity index (χ0n) is 13.8. The number of thiazole rings is 1. The summed E-state index contributed by atoms with van der Waals surface area (Å²) in [6.07, 6.45) is 6.08. The summed E-state index contributed by atoms with van der Waals surface area (Å²) in [5.41, 5.74) is 0. The molecular weight excluding hydrogens is 324 g/mol. The lowest BCUT2D eigenvalue weighted by molar-refractivity contribution is 0.0951. The second kappa shape index (κ2) is 8.16. The standard InChI is InChI=1S/C16H22N6OS/c1-2-14-20-12-13(24-14)15(23)17-6-7-21-8-10-22(11-9-21)16-18-4-3-5-19-16/h3-5,12H,2,6-11H2,1H3,(H,17,23). The highest BCUT2D eigenvalue weighted by Crippen LogP contribution is 2.13. The maximum atomic E-state index is 12.1. The van der Waals surface area contributed by atoms with E-state index in [0.29, 0.717) is 11.4 Å². The minimum atomic E-state index is -0.0245. The van der Waals surface area contributed by atoms with Crippen LogP contribution in [0.5, 0.6) is 0 Å². The number of aryl methyl sites for hydroxylation is 1. The smallest absolute Gasteiger partial charge is 0.263 e. The minimum Gasteiger partial charge on any atom is -0.350 e. The van der Waals surface area contributed by atoms with Crippen molar-refractivity contribution in [1.82, 2.24) is 25.2 Å². The number of piperazine rings is 1. The number of nitrogens with one attached hydrogen (secondary N) is 1. The van der Waals surface area contributed by atoms with Crippen LogP contribution >= 0.6 is 11.3 Å². The molecule has 1 aliphatic rings. The van der Waals surface area contributed by atoms with Gasteiger partial charge in [-0.15, -0.1) is 11.3 Å². The predicted octanol–water partition coefficient (Wildman–Crippen LogP) is 1.05. The van der Waals surface area contributed by atoms with Crippen LogP contribution in [-0.2, 0) is 6.42 Å². The Morgan fingerprint density at radius 1 is 1.21 bits per heavy atom. The first-order chi connectivity index (χ1) is 11.8. The van der Waals surface area contributed by atoms with Gasteiger partial charge in [0.15, 0.2) is 0 Å². The lowest BCUT2D eigenvalue weighted by atomic mass is 10.3. The average molecular weight is 346 g/mol. The third-order valence-corrected chi connectivity index (χ3v) is 5.14. The SMILES string of the molecule is CCc1ncc(C(=O)NCCN2CCN(c3ncccn3)CC2)s1. The summed E-state index contributed by atoms with van der Waals surface area (Å²) >= 11 is 1.47. The Hall–Kier alpha value is -2.06. The van der Waals surface area contributed by atoms with Gasteiger partial charge in [0, 0.05) is 51.7 Å². The van der Waals surface area contributed by atoms with Crippen LogP contribution in [0.25, 0.3) is 0 Å². The monoisotopic (exact) mass is 346 g/mol. The molecule has 0 unspecified atom stereocenters. The second-order valence-corrected chi connectivity index (χ2v) is 6.72. The van der Waals surface area contributed by atoms with Crippen LogP contribution in [0, 0.1) is 0 Å². The molecule has 2 aromatic rings. The van der Waals surface area contributed by atoms with Gasteiger partial charge in [-0.3, -0.25) is 9.69 Å². The third kappa shape index (κ3) is 4.27. The molecule has 0 aliphatic carbocycles. The Balaban J connectivity index is 1.38. The Morgan fingerprint density at radius 2 is 1.96 bits per heavy atom. The summed E-state index contributed by atoms with van der Waals surface area (Å²) in [4.78, 5) is 30.1. The zero-order valence-corrected chi connectivity index (χ0v) is 14.6. The predicted molar refractivity (Wildman–Crippen MR) is 94.5 cm³/mol. The second-order valence-electron chi connectivity index (χ2n) is 5.61. The Labute approximate surface area is 145 Å². The molecule has 0 radical (unpaired) electrons. The highest BCUT2D eigenvalue weighted by atomic mass is 32.1. The van der Waals surface area contributed by atoms with E-state index in [1.54, 1.807) is 18.6 Å². The van der Waals surface area contributed by atoms with Crippen molar-refractivity contribution in [2.75, 3.05) is 44.2 Å². The Morgan fingerprint density at radius 3 is 2.62 bits per heavy atom. The number of carbonyl (C=O) groups excluding carboxylic acids is 1. The summed E-state index contributed by atoms with van der Waals surface area (Å²) in [5.74, 6) is 0.769. The van der Waals surface area contributed by atoms with Crippen LogP contribution in [0.15, 0.2) is 24.7 Å². The van der Waals surface area contributed by atoms with E-state index in [-0.39, 0.29) is 5.91 Å². The fraction of sp³-hybridized carbons (Fsp3) is 0.500. The molecule has 3 heterocycles. The lowest BCUT2D eigenvalue weighted by Gasteiger charge is -2.34. The highest BCUT2D eigenvalue weighted by molar-refractivity contribution is 7.13. The number of hydrogen-bond donors (Lipinski definition) is 1. The first-order valence-electron chi connectivity index (χ1n) is 8.23. The Bertz CT molecular complexity index is 654. The van der Waals surface area contributed by atoms with Gasteiger partial charge in [-0.25, -0.2) is 15.0 Å². The lowest BCUT2D eigenvalue weighted by Crippen LogP contribution is -2.48. The normalized spacial score (nSPS) is 15.5. The maximum Gasteiger partial charge on any atom is 0.263 e. The van der Waals surface area contributed by atoms with Crippen molar-refractivity contribution >= 4 is 23.2 Å². The molecular formula is C16H22N6OS. The molecule has 1 saturated heterocycles. The molecule has 128 valence electrons. The molecule has 7 nitrogen and oxygen atoms in total. The van der Waals surface area contributed by atoms with E-state index in [4.69, 9.17) is 0 Å². The van der Waals surface area contributed by atoms with Gasteiger partial charge >= 0.3 is 0 Å². The Kier molecular flexibility index (Phi) is 5.71. The van der Waals surface area contributed by atoms with Crippen LogP contribution in [0.2, 0.25) is 0 Å². The molecule has 0 spiro atoms. The molecule has 3 rings (SSSR count). The number of amides is 1. The van der Waals surface area contributed by atoms with E-state index < -0.39 is 0 Å². The number of aromatic nitrogens is 3. The topological polar surface area (TPSA) is 74.2 Å². The molecule has 1 fully saturated rings. The van der Waals surface area contributed by atoms with Gasteiger partial charge in [-0.2, -0.15) is 0 Å². The summed E-state index contributed by atoms with van der Waals surface area (Å²) < 4.78 is 0. The maximum absolute atomic E-state index is 12.1. The quantitative estimate of drug-likeness (QED) is 0.843. The van der Waals surface area contributed by atoms with Gasteiger partial charge in [0.2, 0.25) is 5.95 Å². The van der Waals surface area contributed by atoms with Crippen LogP contribution in [0.1, 0.15) is 21.6 Å². The van der Waals surface area contributed by atoms with Crippen molar-refractivity contribution in [3.05, 3.63) is 34.5 Å². The first-order valence-corrected chi connectivity index (χ1v) is 9.05. The molecule has 1 amide bonds. The fourth-order valence-electron chi connectivity index (χ4n) is 2.62. The summed E-state index contributed by atoms with van der Waals surface area (Å²) in [6, 6.07) is 1.83. The van der Waals surface area contributed by atoms with Gasteiger partial charge in [0.25, 0.3) is 5.91 Å². The number of hydrogen-bond acceptors (Lipinski definition) is 7. The number of nitrogens with zero attached hydrogens (tertiary/aromatic N) is 5. The average Bonchev–Trinajstić information content (AvgIpc) is 3.12. The van der Waals surface area contributed by atoms with E-state index in [1.807, 2.05) is 13.0 Å². The largest absolute Gasteiger partial charge is 0.350 e. The molecule has 0 aromatic carbocycles. The number of anilines is 1. The van der Waals surface area contributed by atoms with Crippen molar-refractivity contribution in [3.8, 4) is 0 Å². The summed E-state index contributed by atoms with van der Waals surface area (Å²) in [6.45, 7) is 7.28. The van der Waals surface area contributed by atoms with Gasteiger partial charge in [-0.05, 0) is 12.5 Å². The number of rotatable bonds is 6. The van der Waals surface area contributed by atoms with E-state index in [9.17, 15) is 4.79 Å². The van der Waals surface area contributed by atoms with Crippen LogP contribution < -0.4 is 10.2 Å². The summed E-state index contributed by atoms with van der Waals surface area (Å²) in [5, 5.41) is 3.98. The molecule has 0 atom stereocenters. The molecule has 2 aromatic heterocycles. The number of carbonyl (C=O) groups is 1. The van der Waals surface area contributed by atoms with Crippen LogP contribution in [0.3, 0.4) is 0 Å². The fourth-order valence-corrected chi connectivity index (χ4v) is 3.39. The van der Waals surface area contributed by atoms with Gasteiger partial charge in [-0.1, -0.05) is 6.92 Å². The third-order valence-electron chi connectivity index (χ3n) is 4.00. The summed E-state index contributed by atoms with van der Waals surface area (Å²) in [7, 11) is 0. The van der Waals surface area contributed by atoms with E-state index in [2.05, 4.69) is 30.1 Å². The molecule has 0 saturated carbocycles. The van der Waals surface area contributed by atoms with Crippen molar-refractivity contribution in [1.29, 1.82) is 0 Å². The molecule has 8 heteroatoms. The van der Waals surface area contributed by atoms with E-state index in [1.165, 1.54) is 11.3 Å². The van der Waals surface area contributed by atoms with E-state index >= 15 is 0 Å². The van der Waals surface area contributed by atoms with Crippen LogP contribution in [-0.4, -0.2) is 65.0 Å². The van der Waals surface area contributed by atoms with E-state index in [0.717, 1.165) is 50.1 Å². The van der Waals surface area contributed by atoms with Gasteiger partial charge in [0.1, 0.15) is 4.88 Å². The van der Waals surface area contributed by atoms with Crippen molar-refractivity contribution in [2.24, 2.45) is 0 Å². The van der Waals surface area contributed by atoms with Gasteiger partial charge < -0.3 is 10.2 Å². The minimum absolute atomic E-state index is 0.0245. The zero-order chi connectivity index (χ0) is 16.8. The van der Waals surface area contributed by atoms with Gasteiger partial charge in [0.05, 0.1) is 11.2 Å². The molecule has 1 aliphatic heterocycles. The first kappa shape index (κ1) is 16.8. The van der Waals surface area contributed by atoms with Crippen molar-refractivity contribution in [2.45, 2.75) is 13.3 Å².